The lowest BCUT2D eigenvalue weighted by Gasteiger charge is -2.33. The SMILES string of the molecule is CCNC(=NCCc1c[nH]c2ccccc12)N1CCCC(C)C1. The molecule has 4 nitrogen and oxygen atoms in total. The number of piperidine rings is 1. The van der Waals surface area contributed by atoms with Crippen LogP contribution in [0, 0.1) is 5.92 Å². The highest BCUT2D eigenvalue weighted by Crippen LogP contribution is 2.18. The minimum Gasteiger partial charge on any atom is -0.361 e. The van der Waals surface area contributed by atoms with Crippen LogP contribution in [0.4, 0.5) is 0 Å². The molecule has 0 bridgehead atoms. The summed E-state index contributed by atoms with van der Waals surface area (Å²) in [6.07, 6.45) is 5.71. The number of benzene rings is 1. The maximum absolute atomic E-state index is 4.87. The Balaban J connectivity index is 1.66. The van der Waals surface area contributed by atoms with Crippen LogP contribution in [0.3, 0.4) is 0 Å². The van der Waals surface area contributed by atoms with E-state index in [4.69, 9.17) is 4.99 Å². The molecule has 1 aromatic heterocycles. The molecule has 2 heterocycles. The van der Waals surface area contributed by atoms with Gasteiger partial charge in [0.2, 0.25) is 0 Å². The molecule has 0 spiro atoms. The molecule has 2 aromatic rings. The Kier molecular flexibility index (Phi) is 5.21. The summed E-state index contributed by atoms with van der Waals surface area (Å²) < 4.78 is 0. The minimum absolute atomic E-state index is 0.765. The molecule has 0 amide bonds. The molecule has 1 fully saturated rings. The van der Waals surface area contributed by atoms with E-state index in [9.17, 15) is 0 Å². The second kappa shape index (κ2) is 7.53. The molecule has 0 aliphatic carbocycles. The molecule has 3 rings (SSSR count). The second-order valence-electron chi connectivity index (χ2n) is 6.54. The van der Waals surface area contributed by atoms with Crippen LogP contribution in [0.15, 0.2) is 35.5 Å². The van der Waals surface area contributed by atoms with Crippen LogP contribution >= 0.6 is 0 Å². The van der Waals surface area contributed by atoms with Crippen molar-refractivity contribution in [2.24, 2.45) is 10.9 Å². The van der Waals surface area contributed by atoms with Crippen molar-refractivity contribution in [1.29, 1.82) is 0 Å². The van der Waals surface area contributed by atoms with E-state index in [1.165, 1.54) is 29.3 Å². The van der Waals surface area contributed by atoms with Gasteiger partial charge in [-0.25, -0.2) is 0 Å². The first-order valence-electron chi connectivity index (χ1n) is 8.86. The fraction of sp³-hybridized carbons (Fsp3) is 0.526. The summed E-state index contributed by atoms with van der Waals surface area (Å²) in [6.45, 7) is 8.48. The summed E-state index contributed by atoms with van der Waals surface area (Å²) in [4.78, 5) is 10.6. The van der Waals surface area contributed by atoms with Crippen LogP contribution in [0.5, 0.6) is 0 Å². The lowest BCUT2D eigenvalue weighted by molar-refractivity contribution is 0.266. The highest BCUT2D eigenvalue weighted by Gasteiger charge is 2.18. The van der Waals surface area contributed by atoms with Crippen LogP contribution in [-0.4, -0.2) is 42.0 Å². The Morgan fingerprint density at radius 2 is 2.26 bits per heavy atom. The molecule has 1 saturated heterocycles. The number of nitrogens with zero attached hydrogens (tertiary/aromatic N) is 2. The van der Waals surface area contributed by atoms with Gasteiger partial charge in [-0.1, -0.05) is 25.1 Å². The van der Waals surface area contributed by atoms with Gasteiger partial charge in [0.25, 0.3) is 0 Å². The van der Waals surface area contributed by atoms with Crippen molar-refractivity contribution in [1.82, 2.24) is 15.2 Å². The molecule has 124 valence electrons. The predicted octanol–water partition coefficient (Wildman–Crippen LogP) is 3.41. The number of H-pyrrole nitrogens is 1. The van der Waals surface area contributed by atoms with Gasteiger partial charge in [0, 0.05) is 43.3 Å². The molecular weight excluding hydrogens is 284 g/mol. The zero-order chi connectivity index (χ0) is 16.1. The topological polar surface area (TPSA) is 43.4 Å². The molecule has 1 aromatic carbocycles. The Hall–Kier alpha value is -1.97. The molecular formula is C19H28N4. The van der Waals surface area contributed by atoms with Crippen molar-refractivity contribution in [2.75, 3.05) is 26.2 Å². The van der Waals surface area contributed by atoms with Crippen molar-refractivity contribution in [3.8, 4) is 0 Å². The van der Waals surface area contributed by atoms with Crippen molar-refractivity contribution in [3.63, 3.8) is 0 Å². The van der Waals surface area contributed by atoms with Gasteiger partial charge in [0.15, 0.2) is 5.96 Å². The fourth-order valence-electron chi connectivity index (χ4n) is 3.43. The van der Waals surface area contributed by atoms with Crippen molar-refractivity contribution in [3.05, 3.63) is 36.0 Å². The van der Waals surface area contributed by atoms with E-state index in [1.54, 1.807) is 0 Å². The molecule has 1 atom stereocenters. The summed E-state index contributed by atoms with van der Waals surface area (Å²) in [7, 11) is 0. The number of guanidine groups is 1. The van der Waals surface area contributed by atoms with E-state index in [2.05, 4.69) is 59.5 Å². The number of aromatic amines is 1. The Bertz CT molecular complexity index is 658. The summed E-state index contributed by atoms with van der Waals surface area (Å²) in [6, 6.07) is 8.48. The minimum atomic E-state index is 0.765. The first-order chi connectivity index (χ1) is 11.3. The van der Waals surface area contributed by atoms with E-state index in [0.717, 1.165) is 44.5 Å². The quantitative estimate of drug-likeness (QED) is 0.671. The molecule has 1 unspecified atom stereocenters. The zero-order valence-corrected chi connectivity index (χ0v) is 14.3. The third-order valence-electron chi connectivity index (χ3n) is 4.61. The zero-order valence-electron chi connectivity index (χ0n) is 14.3. The normalized spacial score (nSPS) is 19.3. The Labute approximate surface area is 139 Å². The number of para-hydroxylation sites is 1. The lowest BCUT2D eigenvalue weighted by atomic mass is 10.0. The van der Waals surface area contributed by atoms with Crippen LogP contribution in [-0.2, 0) is 6.42 Å². The van der Waals surface area contributed by atoms with Gasteiger partial charge in [0.1, 0.15) is 0 Å². The average Bonchev–Trinajstić information content (AvgIpc) is 2.97. The van der Waals surface area contributed by atoms with Gasteiger partial charge in [-0.15, -0.1) is 0 Å². The highest BCUT2D eigenvalue weighted by atomic mass is 15.3. The summed E-state index contributed by atoms with van der Waals surface area (Å²) in [5, 5.41) is 4.78. The highest BCUT2D eigenvalue weighted by molar-refractivity contribution is 5.83. The number of nitrogens with one attached hydrogen (secondary N) is 2. The number of hydrogen-bond acceptors (Lipinski definition) is 1. The largest absolute Gasteiger partial charge is 0.361 e. The van der Waals surface area contributed by atoms with Gasteiger partial charge in [0.05, 0.1) is 0 Å². The summed E-state index contributed by atoms with van der Waals surface area (Å²) >= 11 is 0. The number of rotatable bonds is 4. The molecule has 1 aliphatic heterocycles. The first kappa shape index (κ1) is 15.9. The fourth-order valence-corrected chi connectivity index (χ4v) is 3.43. The number of aromatic nitrogens is 1. The van der Waals surface area contributed by atoms with E-state index >= 15 is 0 Å². The first-order valence-corrected chi connectivity index (χ1v) is 8.86. The molecule has 4 heteroatoms. The van der Waals surface area contributed by atoms with Gasteiger partial charge in [-0.05, 0) is 43.7 Å². The van der Waals surface area contributed by atoms with Crippen LogP contribution in [0.2, 0.25) is 0 Å². The standard InChI is InChI=1S/C19H28N4/c1-3-20-19(23-12-6-7-15(2)14-23)21-11-10-16-13-22-18-9-5-4-8-17(16)18/h4-5,8-9,13,15,22H,3,6-7,10-12,14H2,1-2H3,(H,20,21). The number of aliphatic imine (C=N–C) groups is 1. The predicted molar refractivity (Wildman–Crippen MR) is 98.0 cm³/mol. The van der Waals surface area contributed by atoms with E-state index in [-0.39, 0.29) is 0 Å². The van der Waals surface area contributed by atoms with Crippen molar-refractivity contribution < 1.29 is 0 Å². The maximum Gasteiger partial charge on any atom is 0.193 e. The van der Waals surface area contributed by atoms with Gasteiger partial charge in [-0.2, -0.15) is 0 Å². The lowest BCUT2D eigenvalue weighted by Crippen LogP contribution is -2.46. The Morgan fingerprint density at radius 1 is 1.39 bits per heavy atom. The van der Waals surface area contributed by atoms with E-state index in [0.29, 0.717) is 0 Å². The number of fused-ring (bicyclic) bond motifs is 1. The smallest absolute Gasteiger partial charge is 0.193 e. The van der Waals surface area contributed by atoms with E-state index in [1.807, 2.05) is 0 Å². The molecule has 2 N–H and O–H groups in total. The number of hydrogen-bond donors (Lipinski definition) is 2. The Morgan fingerprint density at radius 3 is 3.09 bits per heavy atom. The molecule has 1 aliphatic rings. The average molecular weight is 312 g/mol. The van der Waals surface area contributed by atoms with Gasteiger partial charge >= 0.3 is 0 Å². The van der Waals surface area contributed by atoms with Crippen molar-refractivity contribution >= 4 is 16.9 Å². The third kappa shape index (κ3) is 3.87. The molecule has 23 heavy (non-hydrogen) atoms. The van der Waals surface area contributed by atoms with Gasteiger partial charge in [-0.3, -0.25) is 4.99 Å². The van der Waals surface area contributed by atoms with Crippen LogP contribution in [0.1, 0.15) is 32.3 Å². The second-order valence-corrected chi connectivity index (χ2v) is 6.54. The van der Waals surface area contributed by atoms with E-state index < -0.39 is 0 Å². The third-order valence-corrected chi connectivity index (χ3v) is 4.61. The molecule has 0 saturated carbocycles. The summed E-state index contributed by atoms with van der Waals surface area (Å²) in [5.41, 5.74) is 2.57. The monoisotopic (exact) mass is 312 g/mol. The number of likely N-dealkylation sites (tertiary alicyclic amines) is 1. The van der Waals surface area contributed by atoms with Gasteiger partial charge < -0.3 is 15.2 Å². The maximum atomic E-state index is 4.87. The summed E-state index contributed by atoms with van der Waals surface area (Å²) in [5.74, 6) is 1.85. The van der Waals surface area contributed by atoms with Crippen molar-refractivity contribution in [2.45, 2.75) is 33.1 Å². The van der Waals surface area contributed by atoms with Crippen LogP contribution in [0.25, 0.3) is 10.9 Å². The molecule has 0 radical (unpaired) electrons. The van der Waals surface area contributed by atoms with Crippen LogP contribution < -0.4 is 5.32 Å².